The third kappa shape index (κ3) is 4.45. The van der Waals surface area contributed by atoms with E-state index in [1.54, 1.807) is 0 Å². The number of aromatic carboxylic acids is 1. The van der Waals surface area contributed by atoms with Gasteiger partial charge in [-0.2, -0.15) is 0 Å². The minimum absolute atomic E-state index is 0.0188. The fraction of sp³-hybridized carbons (Fsp3) is 0.500. The van der Waals surface area contributed by atoms with Crippen LogP contribution in [0.2, 0.25) is 0 Å². The molecule has 1 N–H and O–H groups in total. The van der Waals surface area contributed by atoms with Gasteiger partial charge in [0, 0.05) is 18.7 Å². The number of nitrogens with zero attached hydrogens (tertiary/aromatic N) is 1. The molecule has 0 saturated carbocycles. The average molecular weight is 253 g/mol. The van der Waals surface area contributed by atoms with E-state index in [0.29, 0.717) is 12.1 Å². The maximum absolute atomic E-state index is 13.7. The molecule has 0 spiro atoms. The first-order valence-corrected chi connectivity index (χ1v) is 5.89. The second-order valence-electron chi connectivity index (χ2n) is 5.84. The summed E-state index contributed by atoms with van der Waals surface area (Å²) < 4.78 is 13.7. The first-order chi connectivity index (χ1) is 8.19. The molecule has 18 heavy (non-hydrogen) atoms. The molecule has 0 aliphatic rings. The molecule has 0 saturated heterocycles. The van der Waals surface area contributed by atoms with Crippen LogP contribution in [-0.4, -0.2) is 29.6 Å². The van der Waals surface area contributed by atoms with Gasteiger partial charge in [-0.05, 0) is 24.6 Å². The molecule has 0 radical (unpaired) electrons. The molecule has 0 bridgehead atoms. The monoisotopic (exact) mass is 253 g/mol. The lowest BCUT2D eigenvalue weighted by Crippen LogP contribution is -2.29. The Balaban J connectivity index is 2.77. The van der Waals surface area contributed by atoms with Crippen molar-refractivity contribution in [3.8, 4) is 0 Å². The lowest BCUT2D eigenvalue weighted by atomic mass is 9.96. The van der Waals surface area contributed by atoms with Crippen LogP contribution in [0.4, 0.5) is 4.39 Å². The smallest absolute Gasteiger partial charge is 0.335 e. The van der Waals surface area contributed by atoms with Crippen molar-refractivity contribution >= 4 is 5.97 Å². The maximum atomic E-state index is 13.7. The first kappa shape index (κ1) is 14.6. The van der Waals surface area contributed by atoms with E-state index in [1.807, 2.05) is 11.9 Å². The normalized spacial score (nSPS) is 11.9. The standard InChI is InChI=1S/C14H20FNO2/c1-14(2,3)9-16(4)8-11-6-5-10(13(17)18)7-12(11)15/h5-7H,8-9H2,1-4H3,(H,17,18). The molecule has 0 atom stereocenters. The van der Waals surface area contributed by atoms with Gasteiger partial charge in [0.25, 0.3) is 0 Å². The van der Waals surface area contributed by atoms with Gasteiger partial charge in [-0.25, -0.2) is 9.18 Å². The Kier molecular flexibility index (Phi) is 4.46. The SMILES string of the molecule is CN(Cc1ccc(C(=O)O)cc1F)CC(C)(C)C. The Hall–Kier alpha value is -1.42. The number of hydrogen-bond acceptors (Lipinski definition) is 2. The topological polar surface area (TPSA) is 40.5 Å². The summed E-state index contributed by atoms with van der Waals surface area (Å²) in [4.78, 5) is 12.7. The summed E-state index contributed by atoms with van der Waals surface area (Å²) in [5, 5.41) is 8.76. The summed E-state index contributed by atoms with van der Waals surface area (Å²) in [7, 11) is 1.93. The molecule has 0 aliphatic heterocycles. The van der Waals surface area contributed by atoms with Crippen molar-refractivity contribution < 1.29 is 14.3 Å². The fourth-order valence-electron chi connectivity index (χ4n) is 1.97. The van der Waals surface area contributed by atoms with Gasteiger partial charge in [0.15, 0.2) is 0 Å². The van der Waals surface area contributed by atoms with E-state index in [1.165, 1.54) is 12.1 Å². The minimum atomic E-state index is -1.11. The maximum Gasteiger partial charge on any atom is 0.335 e. The van der Waals surface area contributed by atoms with Crippen LogP contribution in [0.5, 0.6) is 0 Å². The molecule has 1 aromatic rings. The van der Waals surface area contributed by atoms with E-state index >= 15 is 0 Å². The van der Waals surface area contributed by atoms with E-state index in [9.17, 15) is 9.18 Å². The highest BCUT2D eigenvalue weighted by atomic mass is 19.1. The molecular weight excluding hydrogens is 233 g/mol. The van der Waals surface area contributed by atoms with Crippen molar-refractivity contribution in [1.29, 1.82) is 0 Å². The second kappa shape index (κ2) is 5.48. The third-order valence-electron chi connectivity index (χ3n) is 2.48. The summed E-state index contributed by atoms with van der Waals surface area (Å²) in [6.45, 7) is 7.67. The molecule has 100 valence electrons. The van der Waals surface area contributed by atoms with Crippen LogP contribution in [0.1, 0.15) is 36.7 Å². The zero-order valence-corrected chi connectivity index (χ0v) is 11.3. The number of carboxylic acids is 1. The molecule has 1 rings (SSSR count). The van der Waals surface area contributed by atoms with Crippen molar-refractivity contribution in [3.05, 3.63) is 35.1 Å². The number of hydrogen-bond donors (Lipinski definition) is 1. The number of halogens is 1. The van der Waals surface area contributed by atoms with E-state index in [-0.39, 0.29) is 11.0 Å². The van der Waals surface area contributed by atoms with Gasteiger partial charge in [0.2, 0.25) is 0 Å². The van der Waals surface area contributed by atoms with E-state index in [2.05, 4.69) is 20.8 Å². The largest absolute Gasteiger partial charge is 0.478 e. The molecule has 0 amide bonds. The van der Waals surface area contributed by atoms with Crippen molar-refractivity contribution in [2.75, 3.05) is 13.6 Å². The molecule has 1 aromatic carbocycles. The van der Waals surface area contributed by atoms with E-state index in [0.717, 1.165) is 12.6 Å². The highest BCUT2D eigenvalue weighted by Gasteiger charge is 2.15. The fourth-order valence-corrected chi connectivity index (χ4v) is 1.97. The highest BCUT2D eigenvalue weighted by Crippen LogP contribution is 2.17. The summed E-state index contributed by atoms with van der Waals surface area (Å²) in [5.74, 6) is -1.57. The van der Waals surface area contributed by atoms with Gasteiger partial charge < -0.3 is 10.0 Å². The van der Waals surface area contributed by atoms with Gasteiger partial charge in [0.1, 0.15) is 5.82 Å². The van der Waals surface area contributed by atoms with Gasteiger partial charge >= 0.3 is 5.97 Å². The Morgan fingerprint density at radius 1 is 1.39 bits per heavy atom. The van der Waals surface area contributed by atoms with Crippen molar-refractivity contribution in [3.63, 3.8) is 0 Å². The van der Waals surface area contributed by atoms with Crippen molar-refractivity contribution in [1.82, 2.24) is 4.90 Å². The molecule has 0 heterocycles. The predicted octanol–water partition coefficient (Wildman–Crippen LogP) is 3.00. The molecule has 0 aromatic heterocycles. The van der Waals surface area contributed by atoms with Crippen molar-refractivity contribution in [2.45, 2.75) is 27.3 Å². The van der Waals surface area contributed by atoms with Gasteiger partial charge in [-0.1, -0.05) is 26.8 Å². The average Bonchev–Trinajstić information content (AvgIpc) is 2.17. The Morgan fingerprint density at radius 2 is 2.00 bits per heavy atom. The van der Waals surface area contributed by atoms with Gasteiger partial charge in [0.05, 0.1) is 5.56 Å². The highest BCUT2D eigenvalue weighted by molar-refractivity contribution is 5.87. The molecule has 4 heteroatoms. The molecule has 0 fully saturated rings. The molecular formula is C14H20FNO2. The van der Waals surface area contributed by atoms with Crippen LogP contribution in [0.3, 0.4) is 0 Å². The lowest BCUT2D eigenvalue weighted by molar-refractivity contribution is 0.0696. The van der Waals surface area contributed by atoms with Crippen LogP contribution in [0.15, 0.2) is 18.2 Å². The van der Waals surface area contributed by atoms with Crippen LogP contribution in [0.25, 0.3) is 0 Å². The Bertz CT molecular complexity index is 438. The lowest BCUT2D eigenvalue weighted by Gasteiger charge is -2.26. The third-order valence-corrected chi connectivity index (χ3v) is 2.48. The van der Waals surface area contributed by atoms with Crippen LogP contribution >= 0.6 is 0 Å². The van der Waals surface area contributed by atoms with Crippen molar-refractivity contribution in [2.24, 2.45) is 5.41 Å². The zero-order valence-electron chi connectivity index (χ0n) is 11.3. The number of carboxylic acid groups (broad SMARTS) is 1. The summed E-state index contributed by atoms with van der Waals surface area (Å²) in [6.07, 6.45) is 0. The minimum Gasteiger partial charge on any atom is -0.478 e. The van der Waals surface area contributed by atoms with E-state index in [4.69, 9.17) is 5.11 Å². The second-order valence-corrected chi connectivity index (χ2v) is 5.84. The Morgan fingerprint density at radius 3 is 2.44 bits per heavy atom. The number of rotatable bonds is 4. The van der Waals surface area contributed by atoms with Crippen LogP contribution in [0, 0.1) is 11.2 Å². The molecule has 0 unspecified atom stereocenters. The summed E-state index contributed by atoms with van der Waals surface area (Å²) in [5.41, 5.74) is 0.646. The molecule has 3 nitrogen and oxygen atoms in total. The first-order valence-electron chi connectivity index (χ1n) is 5.89. The quantitative estimate of drug-likeness (QED) is 0.896. The summed E-state index contributed by atoms with van der Waals surface area (Å²) in [6, 6.07) is 4.05. The number of carbonyl (C=O) groups is 1. The predicted molar refractivity (Wildman–Crippen MR) is 69.1 cm³/mol. The van der Waals surface area contributed by atoms with Gasteiger partial charge in [-0.3, -0.25) is 0 Å². The van der Waals surface area contributed by atoms with Crippen LogP contribution < -0.4 is 0 Å². The molecule has 0 aliphatic carbocycles. The van der Waals surface area contributed by atoms with Crippen LogP contribution in [-0.2, 0) is 6.54 Å². The Labute approximate surface area is 107 Å². The zero-order chi connectivity index (χ0) is 13.9. The number of benzene rings is 1. The van der Waals surface area contributed by atoms with Gasteiger partial charge in [-0.15, -0.1) is 0 Å². The van der Waals surface area contributed by atoms with E-state index < -0.39 is 11.8 Å². The summed E-state index contributed by atoms with van der Waals surface area (Å²) >= 11 is 0.